The molecule has 1 aromatic carbocycles. The van der Waals surface area contributed by atoms with Crippen molar-refractivity contribution in [1.82, 2.24) is 10.6 Å². The minimum absolute atomic E-state index is 0.0630. The van der Waals surface area contributed by atoms with Gasteiger partial charge < -0.3 is 15.1 Å². The Bertz CT molecular complexity index is 714. The Morgan fingerprint density at radius 2 is 1.76 bits per heavy atom. The van der Waals surface area contributed by atoms with E-state index in [1.807, 2.05) is 30.3 Å². The van der Waals surface area contributed by atoms with Crippen LogP contribution in [0.15, 0.2) is 46.9 Å². The number of furan rings is 1. The van der Waals surface area contributed by atoms with Gasteiger partial charge in [-0.2, -0.15) is 0 Å². The van der Waals surface area contributed by atoms with Crippen molar-refractivity contribution in [2.24, 2.45) is 5.41 Å². The second-order valence-electron chi connectivity index (χ2n) is 7.38. The van der Waals surface area contributed by atoms with Crippen LogP contribution in [0.4, 0.5) is 0 Å². The Morgan fingerprint density at radius 3 is 2.36 bits per heavy atom. The maximum atomic E-state index is 12.6. The molecule has 5 nitrogen and oxygen atoms in total. The Kier molecular flexibility index (Phi) is 6.02. The van der Waals surface area contributed by atoms with E-state index in [9.17, 15) is 9.59 Å². The third-order valence-electron chi connectivity index (χ3n) is 3.72. The van der Waals surface area contributed by atoms with Gasteiger partial charge in [0.05, 0.1) is 12.6 Å². The van der Waals surface area contributed by atoms with E-state index in [2.05, 4.69) is 31.4 Å². The van der Waals surface area contributed by atoms with Crippen LogP contribution in [0, 0.1) is 5.41 Å². The van der Waals surface area contributed by atoms with Gasteiger partial charge in [0.25, 0.3) is 5.91 Å². The largest absolute Gasteiger partial charge is 0.454 e. The zero-order valence-electron chi connectivity index (χ0n) is 15.3. The highest BCUT2D eigenvalue weighted by atomic mass is 16.4. The molecule has 134 valence electrons. The molecule has 0 aliphatic rings. The molecule has 25 heavy (non-hydrogen) atoms. The summed E-state index contributed by atoms with van der Waals surface area (Å²) in [5.41, 5.74) is 1.13. The quantitative estimate of drug-likeness (QED) is 0.838. The number of benzene rings is 1. The van der Waals surface area contributed by atoms with Crippen molar-refractivity contribution in [3.8, 4) is 0 Å². The third kappa shape index (κ3) is 6.10. The summed E-state index contributed by atoms with van der Waals surface area (Å²) in [6, 6.07) is 13.2. The summed E-state index contributed by atoms with van der Waals surface area (Å²) in [7, 11) is 0. The van der Waals surface area contributed by atoms with Gasteiger partial charge in [0.15, 0.2) is 5.76 Å². The first kappa shape index (κ1) is 18.8. The number of hydrogen-bond acceptors (Lipinski definition) is 3. The van der Waals surface area contributed by atoms with Crippen molar-refractivity contribution in [1.29, 1.82) is 0 Å². The lowest BCUT2D eigenvalue weighted by atomic mass is 9.85. The molecular weight excluding hydrogens is 316 g/mol. The SMILES string of the molecule is CC(=O)NCc1ccc(C(=O)NC(CC(C)(C)C)c2ccccc2)o1. The molecule has 0 aliphatic heterocycles. The van der Waals surface area contributed by atoms with Crippen LogP contribution in [-0.4, -0.2) is 11.8 Å². The average Bonchev–Trinajstić information content (AvgIpc) is 3.01. The van der Waals surface area contributed by atoms with Crippen LogP contribution in [0.3, 0.4) is 0 Å². The molecular formula is C20H26N2O3. The summed E-state index contributed by atoms with van der Waals surface area (Å²) < 4.78 is 5.54. The first-order valence-corrected chi connectivity index (χ1v) is 8.43. The van der Waals surface area contributed by atoms with Crippen molar-refractivity contribution < 1.29 is 14.0 Å². The smallest absolute Gasteiger partial charge is 0.287 e. The normalized spacial score (nSPS) is 12.5. The number of nitrogens with one attached hydrogen (secondary N) is 2. The number of amides is 2. The van der Waals surface area contributed by atoms with Crippen LogP contribution in [0.2, 0.25) is 0 Å². The van der Waals surface area contributed by atoms with Gasteiger partial charge in [-0.1, -0.05) is 51.1 Å². The van der Waals surface area contributed by atoms with E-state index in [0.717, 1.165) is 12.0 Å². The summed E-state index contributed by atoms with van der Waals surface area (Å²) in [5.74, 6) is 0.395. The number of rotatable bonds is 6. The molecule has 0 aliphatic carbocycles. The summed E-state index contributed by atoms with van der Waals surface area (Å²) >= 11 is 0. The second kappa shape index (κ2) is 8.01. The summed E-state index contributed by atoms with van der Waals surface area (Å²) in [4.78, 5) is 23.5. The van der Waals surface area contributed by atoms with Gasteiger partial charge in [-0.3, -0.25) is 9.59 Å². The van der Waals surface area contributed by atoms with Gasteiger partial charge in [-0.15, -0.1) is 0 Å². The average molecular weight is 342 g/mol. The van der Waals surface area contributed by atoms with Gasteiger partial charge in [0.1, 0.15) is 5.76 Å². The van der Waals surface area contributed by atoms with E-state index >= 15 is 0 Å². The lowest BCUT2D eigenvalue weighted by Crippen LogP contribution is -2.31. The number of carbonyl (C=O) groups is 2. The van der Waals surface area contributed by atoms with Crippen LogP contribution < -0.4 is 10.6 Å². The predicted molar refractivity (Wildman–Crippen MR) is 96.9 cm³/mol. The van der Waals surface area contributed by atoms with Crippen molar-refractivity contribution in [3.63, 3.8) is 0 Å². The molecule has 1 unspecified atom stereocenters. The van der Waals surface area contributed by atoms with Gasteiger partial charge in [-0.05, 0) is 29.5 Å². The molecule has 2 amide bonds. The van der Waals surface area contributed by atoms with Crippen LogP contribution >= 0.6 is 0 Å². The fourth-order valence-corrected chi connectivity index (χ4v) is 2.59. The van der Waals surface area contributed by atoms with Crippen LogP contribution in [0.25, 0.3) is 0 Å². The lowest BCUT2D eigenvalue weighted by molar-refractivity contribution is -0.119. The van der Waals surface area contributed by atoms with Gasteiger partial charge in [0.2, 0.25) is 5.91 Å². The summed E-state index contributed by atoms with van der Waals surface area (Å²) in [5, 5.41) is 5.71. The zero-order valence-corrected chi connectivity index (χ0v) is 15.3. The highest BCUT2D eigenvalue weighted by Crippen LogP contribution is 2.29. The van der Waals surface area contributed by atoms with E-state index in [0.29, 0.717) is 5.76 Å². The molecule has 0 spiro atoms. The van der Waals surface area contributed by atoms with Crippen molar-refractivity contribution in [2.45, 2.75) is 46.7 Å². The van der Waals surface area contributed by atoms with Crippen molar-refractivity contribution >= 4 is 11.8 Å². The minimum atomic E-state index is -0.257. The van der Waals surface area contributed by atoms with Crippen molar-refractivity contribution in [2.75, 3.05) is 0 Å². The Hall–Kier alpha value is -2.56. The summed E-state index contributed by atoms with van der Waals surface area (Å²) in [6.45, 7) is 8.15. The minimum Gasteiger partial charge on any atom is -0.454 e. The molecule has 0 bridgehead atoms. The van der Waals surface area contributed by atoms with E-state index < -0.39 is 0 Å². The Labute approximate surface area is 148 Å². The molecule has 1 atom stereocenters. The second-order valence-corrected chi connectivity index (χ2v) is 7.38. The standard InChI is InChI=1S/C20H26N2O3/c1-14(23)21-13-16-10-11-18(25-16)19(24)22-17(12-20(2,3)4)15-8-6-5-7-9-15/h5-11,17H,12-13H2,1-4H3,(H,21,23)(H,22,24). The monoisotopic (exact) mass is 342 g/mol. The molecule has 2 rings (SSSR count). The molecule has 0 radical (unpaired) electrons. The maximum absolute atomic E-state index is 12.6. The molecule has 1 heterocycles. The van der Waals surface area contributed by atoms with E-state index in [4.69, 9.17) is 4.42 Å². The topological polar surface area (TPSA) is 71.3 Å². The van der Waals surface area contributed by atoms with Crippen LogP contribution in [0.1, 0.15) is 62.0 Å². The van der Waals surface area contributed by atoms with Gasteiger partial charge in [-0.25, -0.2) is 0 Å². The Morgan fingerprint density at radius 1 is 1.08 bits per heavy atom. The zero-order chi connectivity index (χ0) is 18.4. The van der Waals surface area contributed by atoms with E-state index in [1.54, 1.807) is 12.1 Å². The molecule has 0 saturated carbocycles. The fourth-order valence-electron chi connectivity index (χ4n) is 2.59. The van der Waals surface area contributed by atoms with Crippen LogP contribution in [-0.2, 0) is 11.3 Å². The predicted octanol–water partition coefficient (Wildman–Crippen LogP) is 3.82. The highest BCUT2D eigenvalue weighted by Gasteiger charge is 2.23. The Balaban J connectivity index is 2.10. The first-order chi connectivity index (χ1) is 11.7. The van der Waals surface area contributed by atoms with Gasteiger partial charge in [0, 0.05) is 6.92 Å². The molecule has 2 aromatic rings. The number of carbonyl (C=O) groups excluding carboxylic acids is 2. The molecule has 2 N–H and O–H groups in total. The first-order valence-electron chi connectivity index (χ1n) is 8.43. The van der Waals surface area contributed by atoms with Gasteiger partial charge >= 0.3 is 0 Å². The van der Waals surface area contributed by atoms with Crippen LogP contribution in [0.5, 0.6) is 0 Å². The summed E-state index contributed by atoms with van der Waals surface area (Å²) in [6.07, 6.45) is 0.808. The lowest BCUT2D eigenvalue weighted by Gasteiger charge is -2.27. The van der Waals surface area contributed by atoms with E-state index in [-0.39, 0.29) is 35.6 Å². The van der Waals surface area contributed by atoms with E-state index in [1.165, 1.54) is 6.92 Å². The number of hydrogen-bond donors (Lipinski definition) is 2. The maximum Gasteiger partial charge on any atom is 0.287 e. The fraction of sp³-hybridized carbons (Fsp3) is 0.400. The third-order valence-corrected chi connectivity index (χ3v) is 3.72. The molecule has 1 aromatic heterocycles. The molecule has 0 saturated heterocycles. The highest BCUT2D eigenvalue weighted by molar-refractivity contribution is 5.91. The van der Waals surface area contributed by atoms with Crippen molar-refractivity contribution in [3.05, 3.63) is 59.5 Å². The molecule has 5 heteroatoms. The molecule has 0 fully saturated rings.